The van der Waals surface area contributed by atoms with Crippen molar-refractivity contribution in [2.24, 2.45) is 0 Å². The van der Waals surface area contributed by atoms with Gasteiger partial charge in [-0.05, 0) is 49.6 Å². The van der Waals surface area contributed by atoms with E-state index in [1.54, 1.807) is 45.0 Å². The van der Waals surface area contributed by atoms with Crippen LogP contribution in [0.4, 0.5) is 4.79 Å². The minimum absolute atomic E-state index is 0.0817. The van der Waals surface area contributed by atoms with Gasteiger partial charge in [0.2, 0.25) is 0 Å². The first-order valence-electron chi connectivity index (χ1n) is 11.7. The maximum Gasteiger partial charge on any atom is 0.408 e. The molecule has 3 aromatic rings. The van der Waals surface area contributed by atoms with Crippen molar-refractivity contribution in [3.8, 4) is 0 Å². The molecule has 0 aromatic heterocycles. The van der Waals surface area contributed by atoms with Gasteiger partial charge in [0.05, 0.1) is 5.56 Å². The van der Waals surface area contributed by atoms with Gasteiger partial charge in [0.1, 0.15) is 24.9 Å². The molecule has 188 valence electrons. The number of carbonyl (C=O) groups excluding carboxylic acids is 3. The number of ether oxygens (including phenoxy) is 3. The highest BCUT2D eigenvalue weighted by molar-refractivity contribution is 5.89. The molecule has 7 nitrogen and oxygen atoms in total. The van der Waals surface area contributed by atoms with Crippen LogP contribution in [-0.4, -0.2) is 29.7 Å². The second-order valence-corrected chi connectivity index (χ2v) is 9.25. The second kappa shape index (κ2) is 12.5. The molecule has 0 aliphatic carbocycles. The van der Waals surface area contributed by atoms with Gasteiger partial charge >= 0.3 is 18.0 Å². The van der Waals surface area contributed by atoms with Gasteiger partial charge in [0.15, 0.2) is 0 Å². The SMILES string of the molecule is CC(C)(C)OC(=O)NC(Cc1ccc(C(=O)OCc2ccccc2)cc1)C(=O)OCc1ccccc1. The summed E-state index contributed by atoms with van der Waals surface area (Å²) in [7, 11) is 0. The monoisotopic (exact) mass is 489 g/mol. The van der Waals surface area contributed by atoms with E-state index in [1.165, 1.54) is 0 Å². The molecule has 0 heterocycles. The van der Waals surface area contributed by atoms with Crippen molar-refractivity contribution in [2.45, 2.75) is 52.0 Å². The van der Waals surface area contributed by atoms with Crippen LogP contribution in [0.3, 0.4) is 0 Å². The van der Waals surface area contributed by atoms with Crippen LogP contribution in [0.5, 0.6) is 0 Å². The summed E-state index contributed by atoms with van der Waals surface area (Å²) >= 11 is 0. The largest absolute Gasteiger partial charge is 0.459 e. The fraction of sp³-hybridized carbons (Fsp3) is 0.276. The molecule has 0 radical (unpaired) electrons. The van der Waals surface area contributed by atoms with Crippen molar-refractivity contribution in [1.29, 1.82) is 0 Å². The van der Waals surface area contributed by atoms with E-state index in [2.05, 4.69) is 5.32 Å². The molecule has 1 unspecified atom stereocenters. The van der Waals surface area contributed by atoms with Crippen LogP contribution in [0.2, 0.25) is 0 Å². The van der Waals surface area contributed by atoms with Crippen LogP contribution in [-0.2, 0) is 38.6 Å². The summed E-state index contributed by atoms with van der Waals surface area (Å²) in [5.74, 6) is -1.04. The van der Waals surface area contributed by atoms with Crippen LogP contribution < -0.4 is 5.32 Å². The molecule has 0 spiro atoms. The molecule has 0 aliphatic rings. The molecule has 1 N–H and O–H groups in total. The standard InChI is InChI=1S/C29H31NO6/c1-29(2,3)36-28(33)30-25(27(32)35-20-23-12-8-5-9-13-23)18-21-14-16-24(17-15-21)26(31)34-19-22-10-6-4-7-11-22/h4-17,25H,18-20H2,1-3H3,(H,30,33). The van der Waals surface area contributed by atoms with Crippen LogP contribution in [0.1, 0.15) is 47.8 Å². The van der Waals surface area contributed by atoms with Gasteiger partial charge in [-0.15, -0.1) is 0 Å². The number of hydrogen-bond donors (Lipinski definition) is 1. The lowest BCUT2D eigenvalue weighted by Gasteiger charge is -2.23. The molecule has 0 bridgehead atoms. The molecular weight excluding hydrogens is 458 g/mol. The van der Waals surface area contributed by atoms with Gasteiger partial charge in [-0.1, -0.05) is 72.8 Å². The average Bonchev–Trinajstić information content (AvgIpc) is 2.86. The molecular formula is C29H31NO6. The molecule has 0 saturated carbocycles. The van der Waals surface area contributed by atoms with E-state index < -0.39 is 29.7 Å². The number of benzene rings is 3. The van der Waals surface area contributed by atoms with E-state index in [4.69, 9.17) is 14.2 Å². The Morgan fingerprint density at radius 3 is 1.78 bits per heavy atom. The molecule has 0 aliphatic heterocycles. The predicted octanol–water partition coefficient (Wildman–Crippen LogP) is 5.22. The molecule has 36 heavy (non-hydrogen) atoms. The number of alkyl carbamates (subject to hydrolysis) is 1. The molecule has 1 amide bonds. The lowest BCUT2D eigenvalue weighted by molar-refractivity contribution is -0.147. The average molecular weight is 490 g/mol. The Morgan fingerprint density at radius 2 is 1.25 bits per heavy atom. The van der Waals surface area contributed by atoms with Crippen LogP contribution in [0.25, 0.3) is 0 Å². The highest BCUT2D eigenvalue weighted by Crippen LogP contribution is 2.13. The lowest BCUT2D eigenvalue weighted by atomic mass is 10.0. The fourth-order valence-electron chi connectivity index (χ4n) is 3.29. The number of amides is 1. The minimum atomic E-state index is -0.973. The first kappa shape index (κ1) is 26.5. The number of rotatable bonds is 9. The first-order valence-corrected chi connectivity index (χ1v) is 11.7. The van der Waals surface area contributed by atoms with Gasteiger partial charge in [0, 0.05) is 6.42 Å². The van der Waals surface area contributed by atoms with E-state index >= 15 is 0 Å². The third kappa shape index (κ3) is 8.91. The topological polar surface area (TPSA) is 90.9 Å². The Balaban J connectivity index is 1.63. The quantitative estimate of drug-likeness (QED) is 0.327. The third-order valence-corrected chi connectivity index (χ3v) is 5.04. The Labute approximate surface area is 211 Å². The zero-order valence-electron chi connectivity index (χ0n) is 20.7. The van der Waals surface area contributed by atoms with Gasteiger partial charge in [-0.2, -0.15) is 0 Å². The summed E-state index contributed by atoms with van der Waals surface area (Å²) in [4.78, 5) is 37.6. The summed E-state index contributed by atoms with van der Waals surface area (Å²) in [5, 5.41) is 2.61. The van der Waals surface area contributed by atoms with Gasteiger partial charge in [-0.3, -0.25) is 0 Å². The van der Waals surface area contributed by atoms with Crippen LogP contribution >= 0.6 is 0 Å². The minimum Gasteiger partial charge on any atom is -0.459 e. The highest BCUT2D eigenvalue weighted by atomic mass is 16.6. The van der Waals surface area contributed by atoms with Gasteiger partial charge in [0.25, 0.3) is 0 Å². The Kier molecular flexibility index (Phi) is 9.22. The van der Waals surface area contributed by atoms with E-state index in [0.29, 0.717) is 5.56 Å². The van der Waals surface area contributed by atoms with E-state index in [9.17, 15) is 14.4 Å². The summed E-state index contributed by atoms with van der Waals surface area (Å²) in [6, 6.07) is 24.4. The molecule has 0 fully saturated rings. The zero-order chi connectivity index (χ0) is 26.0. The zero-order valence-corrected chi connectivity index (χ0v) is 20.7. The maximum absolute atomic E-state index is 12.9. The summed E-state index contributed by atoms with van der Waals surface area (Å²) in [6.07, 6.45) is -0.558. The molecule has 7 heteroatoms. The van der Waals surface area contributed by atoms with Crippen molar-refractivity contribution in [1.82, 2.24) is 5.32 Å². The van der Waals surface area contributed by atoms with Gasteiger partial charge in [-0.25, -0.2) is 14.4 Å². The molecule has 0 saturated heterocycles. The van der Waals surface area contributed by atoms with Crippen LogP contribution in [0, 0.1) is 0 Å². The molecule has 1 atom stereocenters. The third-order valence-electron chi connectivity index (χ3n) is 5.04. The predicted molar refractivity (Wildman–Crippen MR) is 135 cm³/mol. The number of carbonyl (C=O) groups is 3. The number of hydrogen-bond acceptors (Lipinski definition) is 6. The molecule has 3 rings (SSSR count). The van der Waals surface area contributed by atoms with Crippen molar-refractivity contribution in [3.63, 3.8) is 0 Å². The van der Waals surface area contributed by atoms with Crippen LogP contribution in [0.15, 0.2) is 84.9 Å². The second-order valence-electron chi connectivity index (χ2n) is 9.25. The summed E-state index contributed by atoms with van der Waals surface area (Å²) in [6.45, 7) is 5.48. The maximum atomic E-state index is 12.9. The Bertz CT molecular complexity index is 1140. The number of nitrogens with one attached hydrogen (secondary N) is 1. The Hall–Kier alpha value is -4.13. The smallest absolute Gasteiger partial charge is 0.408 e. The Morgan fingerprint density at radius 1 is 0.722 bits per heavy atom. The van der Waals surface area contributed by atoms with E-state index in [1.807, 2.05) is 60.7 Å². The number of esters is 2. The molecule has 3 aromatic carbocycles. The first-order chi connectivity index (χ1) is 17.2. The van der Waals surface area contributed by atoms with E-state index in [0.717, 1.165) is 16.7 Å². The van der Waals surface area contributed by atoms with Crippen molar-refractivity contribution in [3.05, 3.63) is 107 Å². The normalized spacial score (nSPS) is 11.8. The summed E-state index contributed by atoms with van der Waals surface area (Å²) < 4.78 is 16.1. The van der Waals surface area contributed by atoms with Crippen molar-refractivity contribution < 1.29 is 28.6 Å². The van der Waals surface area contributed by atoms with Crippen molar-refractivity contribution in [2.75, 3.05) is 0 Å². The summed E-state index contributed by atoms with van der Waals surface area (Å²) in [5.41, 5.74) is 2.13. The van der Waals surface area contributed by atoms with Crippen molar-refractivity contribution >= 4 is 18.0 Å². The van der Waals surface area contributed by atoms with Gasteiger partial charge < -0.3 is 19.5 Å². The lowest BCUT2D eigenvalue weighted by Crippen LogP contribution is -2.45. The fourth-order valence-corrected chi connectivity index (χ4v) is 3.29. The van der Waals surface area contributed by atoms with E-state index in [-0.39, 0.29) is 19.6 Å². The highest BCUT2D eigenvalue weighted by Gasteiger charge is 2.26.